The third kappa shape index (κ3) is 4.58. The zero-order chi connectivity index (χ0) is 12.7. The molecule has 0 amide bonds. The van der Waals surface area contributed by atoms with E-state index in [1.165, 1.54) is 5.56 Å². The summed E-state index contributed by atoms with van der Waals surface area (Å²) in [6.45, 7) is 2.03. The third-order valence-electron chi connectivity index (χ3n) is 2.60. The van der Waals surface area contributed by atoms with Crippen molar-refractivity contribution in [2.24, 2.45) is 0 Å². The molecule has 0 aromatic heterocycles. The Bertz CT molecular complexity index is 344. The summed E-state index contributed by atoms with van der Waals surface area (Å²) >= 11 is 1.69. The van der Waals surface area contributed by atoms with Gasteiger partial charge < -0.3 is 14.7 Å². The van der Waals surface area contributed by atoms with Gasteiger partial charge in [0.15, 0.2) is 0 Å². The predicted octanol–water partition coefficient (Wildman–Crippen LogP) is 2.23. The second kappa shape index (κ2) is 7.58. The maximum absolute atomic E-state index is 8.78. The Labute approximate surface area is 108 Å². The van der Waals surface area contributed by atoms with Gasteiger partial charge >= 0.3 is 0 Å². The Morgan fingerprint density at radius 2 is 2.18 bits per heavy atom. The maximum Gasteiger partial charge on any atom is 0.132 e. The number of hydrogen-bond acceptors (Lipinski definition) is 4. The highest BCUT2D eigenvalue weighted by molar-refractivity contribution is 7.98. The topological polar surface area (TPSA) is 32.7 Å². The summed E-state index contributed by atoms with van der Waals surface area (Å²) in [6.07, 6.45) is 2.86. The monoisotopic (exact) mass is 255 g/mol. The van der Waals surface area contributed by atoms with Crippen molar-refractivity contribution in [1.82, 2.24) is 4.90 Å². The van der Waals surface area contributed by atoms with E-state index < -0.39 is 0 Å². The number of aliphatic hydroxyl groups excluding tert-OH is 1. The molecule has 0 bridgehead atoms. The number of aliphatic hydroxyl groups is 1. The van der Waals surface area contributed by atoms with Crippen LogP contribution in [0.2, 0.25) is 0 Å². The summed E-state index contributed by atoms with van der Waals surface area (Å²) in [7, 11) is 3.76. The predicted molar refractivity (Wildman–Crippen MR) is 72.8 cm³/mol. The van der Waals surface area contributed by atoms with E-state index in [2.05, 4.69) is 30.1 Å². The molecular weight excluding hydrogens is 234 g/mol. The lowest BCUT2D eigenvalue weighted by atomic mass is 10.2. The number of rotatable bonds is 7. The Balaban J connectivity index is 2.65. The molecule has 0 heterocycles. The zero-order valence-electron chi connectivity index (χ0n) is 10.8. The molecule has 0 saturated heterocycles. The largest absolute Gasteiger partial charge is 0.496 e. The van der Waals surface area contributed by atoms with Gasteiger partial charge in [-0.25, -0.2) is 0 Å². The van der Waals surface area contributed by atoms with Crippen LogP contribution in [-0.4, -0.2) is 43.6 Å². The SMILES string of the molecule is COc1cc(CN(C)CCCO)ccc1SC. The molecule has 1 N–H and O–H groups in total. The van der Waals surface area contributed by atoms with Crippen LogP contribution in [0.5, 0.6) is 5.75 Å². The molecule has 3 nitrogen and oxygen atoms in total. The first-order chi connectivity index (χ1) is 8.21. The minimum Gasteiger partial charge on any atom is -0.496 e. The van der Waals surface area contributed by atoms with Crippen LogP contribution in [0.3, 0.4) is 0 Å². The lowest BCUT2D eigenvalue weighted by Gasteiger charge is -2.17. The lowest BCUT2D eigenvalue weighted by Crippen LogP contribution is -2.19. The number of ether oxygens (including phenoxy) is 1. The molecule has 17 heavy (non-hydrogen) atoms. The highest BCUT2D eigenvalue weighted by Crippen LogP contribution is 2.28. The number of thioether (sulfide) groups is 1. The van der Waals surface area contributed by atoms with E-state index in [0.717, 1.165) is 30.2 Å². The Morgan fingerprint density at radius 3 is 2.76 bits per heavy atom. The molecule has 0 atom stereocenters. The molecule has 1 rings (SSSR count). The van der Waals surface area contributed by atoms with Gasteiger partial charge in [-0.05, 0) is 37.4 Å². The van der Waals surface area contributed by atoms with E-state index in [4.69, 9.17) is 9.84 Å². The molecule has 0 radical (unpaired) electrons. The van der Waals surface area contributed by atoms with Crippen LogP contribution in [0.1, 0.15) is 12.0 Å². The standard InChI is InChI=1S/C13H21NO2S/c1-14(7-4-8-15)10-11-5-6-13(17-3)12(9-11)16-2/h5-6,9,15H,4,7-8,10H2,1-3H3. The van der Waals surface area contributed by atoms with Crippen molar-refractivity contribution < 1.29 is 9.84 Å². The lowest BCUT2D eigenvalue weighted by molar-refractivity contribution is 0.244. The van der Waals surface area contributed by atoms with Crippen LogP contribution in [0, 0.1) is 0 Å². The van der Waals surface area contributed by atoms with Gasteiger partial charge in [-0.3, -0.25) is 0 Å². The number of nitrogens with zero attached hydrogens (tertiary/aromatic N) is 1. The van der Waals surface area contributed by atoms with Gasteiger partial charge in [0, 0.05) is 24.6 Å². The molecule has 0 aliphatic rings. The normalized spacial score (nSPS) is 10.9. The van der Waals surface area contributed by atoms with Crippen LogP contribution < -0.4 is 4.74 Å². The van der Waals surface area contributed by atoms with Crippen LogP contribution >= 0.6 is 11.8 Å². The molecule has 4 heteroatoms. The highest BCUT2D eigenvalue weighted by Gasteiger charge is 2.05. The summed E-state index contributed by atoms with van der Waals surface area (Å²) in [5.41, 5.74) is 1.24. The first kappa shape index (κ1) is 14.4. The fraction of sp³-hybridized carbons (Fsp3) is 0.538. The molecule has 1 aromatic rings. The van der Waals surface area contributed by atoms with Crippen molar-refractivity contribution >= 4 is 11.8 Å². The molecule has 96 valence electrons. The quantitative estimate of drug-likeness (QED) is 0.757. The van der Waals surface area contributed by atoms with E-state index in [1.807, 2.05) is 6.26 Å². The minimum atomic E-state index is 0.249. The number of methoxy groups -OCH3 is 1. The Kier molecular flexibility index (Phi) is 6.40. The molecule has 0 aliphatic carbocycles. The second-order valence-electron chi connectivity index (χ2n) is 4.00. The van der Waals surface area contributed by atoms with Crippen molar-refractivity contribution in [1.29, 1.82) is 0 Å². The fourth-order valence-corrected chi connectivity index (χ4v) is 2.26. The highest BCUT2D eigenvalue weighted by atomic mass is 32.2. The van der Waals surface area contributed by atoms with Gasteiger partial charge in [-0.15, -0.1) is 11.8 Å². The van der Waals surface area contributed by atoms with Gasteiger partial charge in [-0.1, -0.05) is 6.07 Å². The summed E-state index contributed by atoms with van der Waals surface area (Å²) in [6, 6.07) is 6.31. The van der Waals surface area contributed by atoms with Crippen LogP contribution in [0.25, 0.3) is 0 Å². The molecule has 0 spiro atoms. The molecule has 0 aliphatic heterocycles. The summed E-state index contributed by atoms with van der Waals surface area (Å²) in [5, 5.41) is 8.78. The number of hydrogen-bond donors (Lipinski definition) is 1. The first-order valence-electron chi connectivity index (χ1n) is 5.71. The van der Waals surface area contributed by atoms with Gasteiger partial charge in [0.2, 0.25) is 0 Å². The van der Waals surface area contributed by atoms with Gasteiger partial charge in [0.05, 0.1) is 7.11 Å². The zero-order valence-corrected chi connectivity index (χ0v) is 11.6. The van der Waals surface area contributed by atoms with E-state index >= 15 is 0 Å². The van der Waals surface area contributed by atoms with Crippen molar-refractivity contribution in [2.75, 3.05) is 33.6 Å². The molecule has 0 fully saturated rings. The van der Waals surface area contributed by atoms with Gasteiger partial charge in [0.25, 0.3) is 0 Å². The van der Waals surface area contributed by atoms with E-state index in [9.17, 15) is 0 Å². The summed E-state index contributed by atoms with van der Waals surface area (Å²) in [4.78, 5) is 3.36. The average Bonchev–Trinajstić information content (AvgIpc) is 2.36. The first-order valence-corrected chi connectivity index (χ1v) is 6.94. The van der Waals surface area contributed by atoms with Crippen molar-refractivity contribution in [3.05, 3.63) is 23.8 Å². The second-order valence-corrected chi connectivity index (χ2v) is 4.85. The average molecular weight is 255 g/mol. The van der Waals surface area contributed by atoms with Gasteiger partial charge in [0.1, 0.15) is 5.75 Å². The van der Waals surface area contributed by atoms with Crippen molar-refractivity contribution in [2.45, 2.75) is 17.9 Å². The smallest absolute Gasteiger partial charge is 0.132 e. The van der Waals surface area contributed by atoms with E-state index in [0.29, 0.717) is 0 Å². The molecule has 1 aromatic carbocycles. The molecular formula is C13H21NO2S. The van der Waals surface area contributed by atoms with E-state index in [1.54, 1.807) is 18.9 Å². The Hall–Kier alpha value is -0.710. The maximum atomic E-state index is 8.78. The third-order valence-corrected chi connectivity index (χ3v) is 3.38. The minimum absolute atomic E-state index is 0.249. The van der Waals surface area contributed by atoms with Gasteiger partial charge in [-0.2, -0.15) is 0 Å². The van der Waals surface area contributed by atoms with Crippen molar-refractivity contribution in [3.8, 4) is 5.75 Å². The van der Waals surface area contributed by atoms with Crippen LogP contribution in [0.4, 0.5) is 0 Å². The Morgan fingerprint density at radius 1 is 1.41 bits per heavy atom. The summed E-state index contributed by atoms with van der Waals surface area (Å²) in [5.74, 6) is 0.936. The van der Waals surface area contributed by atoms with Crippen molar-refractivity contribution in [3.63, 3.8) is 0 Å². The number of benzene rings is 1. The molecule has 0 unspecified atom stereocenters. The van der Waals surface area contributed by atoms with Crippen LogP contribution in [0.15, 0.2) is 23.1 Å². The van der Waals surface area contributed by atoms with E-state index in [-0.39, 0.29) is 6.61 Å². The fourth-order valence-electron chi connectivity index (χ4n) is 1.71. The van der Waals surface area contributed by atoms with Crippen LogP contribution in [-0.2, 0) is 6.54 Å². The summed E-state index contributed by atoms with van der Waals surface area (Å²) < 4.78 is 5.36. The molecule has 0 saturated carbocycles.